The maximum Gasteiger partial charge on any atom is 0.272 e. The van der Waals surface area contributed by atoms with Crippen molar-refractivity contribution in [2.75, 3.05) is 32.1 Å². The normalized spacial score (nSPS) is 14.3. The molecule has 1 aromatic carbocycles. The lowest BCUT2D eigenvalue weighted by Gasteiger charge is -2.17. The summed E-state index contributed by atoms with van der Waals surface area (Å²) in [6.45, 7) is 1.17. The largest absolute Gasteiger partial charge is 0.400 e. The molecule has 0 fully saturated rings. The van der Waals surface area contributed by atoms with Crippen molar-refractivity contribution in [3.8, 4) is 0 Å². The van der Waals surface area contributed by atoms with E-state index in [1.165, 1.54) is 11.0 Å². The van der Waals surface area contributed by atoms with Crippen LogP contribution in [0.25, 0.3) is 0 Å². The first-order chi connectivity index (χ1) is 13.0. The lowest BCUT2D eigenvalue weighted by Crippen LogP contribution is -2.27. The Morgan fingerprint density at radius 2 is 2.11 bits per heavy atom. The average Bonchev–Trinajstić information content (AvgIpc) is 3.03. The number of halogens is 1. The summed E-state index contributed by atoms with van der Waals surface area (Å²) in [4.78, 5) is 28.3. The summed E-state index contributed by atoms with van der Waals surface area (Å²) < 4.78 is 13.6. The van der Waals surface area contributed by atoms with Crippen molar-refractivity contribution in [2.45, 2.75) is 6.54 Å². The molecule has 0 saturated heterocycles. The van der Waals surface area contributed by atoms with Crippen molar-refractivity contribution in [1.82, 2.24) is 14.9 Å². The maximum absolute atomic E-state index is 13.6. The summed E-state index contributed by atoms with van der Waals surface area (Å²) in [6, 6.07) is 8.11. The van der Waals surface area contributed by atoms with E-state index >= 15 is 0 Å². The van der Waals surface area contributed by atoms with Crippen LogP contribution in [0.3, 0.4) is 0 Å². The third-order valence-electron chi connectivity index (χ3n) is 4.15. The van der Waals surface area contributed by atoms with Crippen LogP contribution in [0.4, 0.5) is 10.3 Å². The Labute approximate surface area is 157 Å². The second-order valence-corrected chi connectivity index (χ2v) is 6.41. The zero-order chi connectivity index (χ0) is 19.4. The lowest BCUT2D eigenvalue weighted by atomic mass is 10.2. The van der Waals surface area contributed by atoms with E-state index in [2.05, 4.69) is 15.0 Å². The second kappa shape index (κ2) is 7.94. The number of carbonyl (C=O) groups is 1. The summed E-state index contributed by atoms with van der Waals surface area (Å²) in [7, 11) is 3.34. The minimum absolute atomic E-state index is 0.189. The van der Waals surface area contributed by atoms with Gasteiger partial charge < -0.3 is 15.5 Å². The first-order valence-electron chi connectivity index (χ1n) is 8.46. The quantitative estimate of drug-likeness (QED) is 0.811. The van der Waals surface area contributed by atoms with Crippen LogP contribution in [0.1, 0.15) is 16.1 Å². The van der Waals surface area contributed by atoms with Gasteiger partial charge in [-0.1, -0.05) is 18.2 Å². The number of nitrogens with two attached hydrogens (primary N) is 1. The van der Waals surface area contributed by atoms with Gasteiger partial charge in [-0.2, -0.15) is 0 Å². The van der Waals surface area contributed by atoms with E-state index in [1.807, 2.05) is 4.90 Å². The van der Waals surface area contributed by atoms with Crippen LogP contribution >= 0.6 is 0 Å². The minimum atomic E-state index is -0.277. The van der Waals surface area contributed by atoms with Gasteiger partial charge in [0.1, 0.15) is 11.5 Å². The zero-order valence-corrected chi connectivity index (χ0v) is 15.3. The van der Waals surface area contributed by atoms with Crippen molar-refractivity contribution < 1.29 is 9.18 Å². The van der Waals surface area contributed by atoms with Gasteiger partial charge in [0.2, 0.25) is 5.95 Å². The van der Waals surface area contributed by atoms with Crippen molar-refractivity contribution in [3.05, 3.63) is 64.9 Å². The number of aromatic nitrogens is 2. The second-order valence-electron chi connectivity index (χ2n) is 6.41. The molecule has 1 aromatic heterocycles. The Kier molecular flexibility index (Phi) is 5.44. The van der Waals surface area contributed by atoms with Crippen LogP contribution in [0.15, 0.2) is 52.8 Å². The van der Waals surface area contributed by atoms with Gasteiger partial charge in [0.15, 0.2) is 0 Å². The number of amides is 1. The highest BCUT2D eigenvalue weighted by molar-refractivity contribution is 5.92. The molecule has 0 radical (unpaired) electrons. The van der Waals surface area contributed by atoms with Crippen LogP contribution in [0.2, 0.25) is 0 Å². The van der Waals surface area contributed by atoms with Crippen LogP contribution < -0.4 is 10.6 Å². The summed E-state index contributed by atoms with van der Waals surface area (Å²) in [5.41, 5.74) is 8.44. The Hall–Kier alpha value is -3.29. The number of hydrogen-bond donors (Lipinski definition) is 1. The summed E-state index contributed by atoms with van der Waals surface area (Å²) >= 11 is 0. The summed E-state index contributed by atoms with van der Waals surface area (Å²) in [6.07, 6.45) is 3.22. The van der Waals surface area contributed by atoms with Crippen molar-refractivity contribution >= 4 is 18.1 Å². The van der Waals surface area contributed by atoms with Crippen molar-refractivity contribution in [2.24, 2.45) is 10.7 Å². The Morgan fingerprint density at radius 3 is 2.85 bits per heavy atom. The van der Waals surface area contributed by atoms with Gasteiger partial charge in [0.25, 0.3) is 5.91 Å². The smallest absolute Gasteiger partial charge is 0.272 e. The van der Waals surface area contributed by atoms with Gasteiger partial charge in [0, 0.05) is 49.9 Å². The highest BCUT2D eigenvalue weighted by Gasteiger charge is 2.22. The summed E-state index contributed by atoms with van der Waals surface area (Å²) in [5, 5.41) is 0. The number of rotatable bonds is 5. The Balaban J connectivity index is 1.68. The van der Waals surface area contributed by atoms with Crippen molar-refractivity contribution in [1.29, 1.82) is 0 Å². The van der Waals surface area contributed by atoms with E-state index in [0.717, 1.165) is 5.57 Å². The molecule has 140 valence electrons. The molecule has 0 spiro atoms. The molecule has 1 aliphatic rings. The van der Waals surface area contributed by atoms with Crippen LogP contribution in [0.5, 0.6) is 0 Å². The predicted molar refractivity (Wildman–Crippen MR) is 102 cm³/mol. The molecule has 2 N–H and O–H groups in total. The lowest BCUT2D eigenvalue weighted by molar-refractivity contribution is 0.0822. The van der Waals surface area contributed by atoms with Gasteiger partial charge in [-0.3, -0.25) is 9.79 Å². The fourth-order valence-electron chi connectivity index (χ4n) is 2.67. The molecule has 1 amide bonds. The van der Waals surface area contributed by atoms with Gasteiger partial charge in [0.05, 0.1) is 13.1 Å². The topological polar surface area (TPSA) is 87.7 Å². The SMILES string of the molecule is CN(C)C(=O)c1ccnc(N2CC(N)=C(C=NCc3ccccc3F)C2)n1. The van der Waals surface area contributed by atoms with E-state index in [9.17, 15) is 9.18 Å². The predicted octanol–water partition coefficient (Wildman–Crippen LogP) is 1.62. The molecule has 1 aliphatic heterocycles. The highest BCUT2D eigenvalue weighted by Crippen LogP contribution is 2.18. The molecule has 0 aliphatic carbocycles. The highest BCUT2D eigenvalue weighted by atomic mass is 19.1. The number of aliphatic imine (C=N–C) groups is 1. The molecule has 27 heavy (non-hydrogen) atoms. The molecular weight excluding hydrogens is 347 g/mol. The molecule has 0 bridgehead atoms. The van der Waals surface area contributed by atoms with Gasteiger partial charge in [-0.25, -0.2) is 14.4 Å². The van der Waals surface area contributed by atoms with Crippen molar-refractivity contribution in [3.63, 3.8) is 0 Å². The number of hydrogen-bond acceptors (Lipinski definition) is 6. The summed E-state index contributed by atoms with van der Waals surface area (Å²) in [5.74, 6) is -0.0333. The Bertz CT molecular complexity index is 909. The number of carbonyl (C=O) groups excluding carboxylic acids is 1. The van der Waals surface area contributed by atoms with E-state index in [4.69, 9.17) is 5.73 Å². The van der Waals surface area contributed by atoms with Gasteiger partial charge in [-0.15, -0.1) is 0 Å². The number of anilines is 1. The third kappa shape index (κ3) is 4.28. The van der Waals surface area contributed by atoms with E-state index in [1.54, 1.807) is 50.8 Å². The molecule has 7 nitrogen and oxygen atoms in total. The zero-order valence-electron chi connectivity index (χ0n) is 15.3. The first kappa shape index (κ1) is 18.5. The monoisotopic (exact) mass is 368 g/mol. The van der Waals surface area contributed by atoms with Crippen LogP contribution in [-0.2, 0) is 6.54 Å². The molecular formula is C19H21FN6O. The fourth-order valence-corrected chi connectivity index (χ4v) is 2.67. The standard InChI is InChI=1S/C19H21FN6O/c1-25(2)18(27)17-7-8-23-19(24-17)26-11-14(16(21)12-26)10-22-9-13-5-3-4-6-15(13)20/h3-8,10H,9,11-12,21H2,1-2H3. The fraction of sp³-hybridized carbons (Fsp3) is 0.263. The first-order valence-corrected chi connectivity index (χ1v) is 8.46. The maximum atomic E-state index is 13.6. The minimum Gasteiger partial charge on any atom is -0.400 e. The van der Waals surface area contributed by atoms with Gasteiger partial charge in [-0.05, 0) is 12.1 Å². The average molecular weight is 368 g/mol. The van der Waals surface area contributed by atoms with E-state index in [-0.39, 0.29) is 18.3 Å². The molecule has 8 heteroatoms. The van der Waals surface area contributed by atoms with E-state index in [0.29, 0.717) is 36.0 Å². The molecule has 2 heterocycles. The molecule has 2 aromatic rings. The number of nitrogens with zero attached hydrogens (tertiary/aromatic N) is 5. The molecule has 0 unspecified atom stereocenters. The molecule has 0 atom stereocenters. The third-order valence-corrected chi connectivity index (χ3v) is 4.15. The van der Waals surface area contributed by atoms with E-state index < -0.39 is 0 Å². The van der Waals surface area contributed by atoms with Gasteiger partial charge >= 0.3 is 0 Å². The molecule has 3 rings (SSSR count). The number of benzene rings is 1. The molecule has 0 saturated carbocycles. The van der Waals surface area contributed by atoms with Crippen LogP contribution in [-0.4, -0.2) is 54.2 Å². The van der Waals surface area contributed by atoms with Crippen LogP contribution in [0, 0.1) is 5.82 Å². The Morgan fingerprint density at radius 1 is 1.33 bits per heavy atom.